The van der Waals surface area contributed by atoms with Gasteiger partial charge in [0.05, 0.1) is 7.11 Å². The second kappa shape index (κ2) is 4.12. The number of rotatable bonds is 3. The van der Waals surface area contributed by atoms with Crippen LogP contribution in [0.5, 0.6) is 5.75 Å². The monoisotopic (exact) mass is 217 g/mol. The minimum atomic E-state index is -3.09. The highest BCUT2D eigenvalue weighted by molar-refractivity contribution is 6.59. The van der Waals surface area contributed by atoms with Crippen molar-refractivity contribution in [3.8, 4) is 5.75 Å². The van der Waals surface area contributed by atoms with Gasteiger partial charge >= 0.3 is 7.12 Å². The highest BCUT2D eigenvalue weighted by Gasteiger charge is 2.28. The highest BCUT2D eigenvalue weighted by Crippen LogP contribution is 2.26. The van der Waals surface area contributed by atoms with Crippen molar-refractivity contribution >= 4 is 12.6 Å². The zero-order valence-electron chi connectivity index (χ0n) is 8.24. The molecule has 1 aromatic heterocycles. The van der Waals surface area contributed by atoms with E-state index in [1.165, 1.54) is 7.11 Å². The van der Waals surface area contributed by atoms with E-state index in [1.54, 1.807) is 0 Å². The summed E-state index contributed by atoms with van der Waals surface area (Å²) in [4.78, 5) is 3.43. The first-order valence-electron chi connectivity index (χ1n) is 4.14. The molecule has 0 unspecified atom stereocenters. The molecule has 1 rings (SSSR count). The molecule has 0 fully saturated rings. The molecule has 4 nitrogen and oxygen atoms in total. The van der Waals surface area contributed by atoms with Gasteiger partial charge in [-0.3, -0.25) is 4.98 Å². The Kier molecular flexibility index (Phi) is 3.26. The van der Waals surface area contributed by atoms with Crippen LogP contribution in [0.3, 0.4) is 0 Å². The normalized spacial score (nSPS) is 11.3. The lowest BCUT2D eigenvalue weighted by atomic mass is 9.80. The van der Waals surface area contributed by atoms with Crippen molar-refractivity contribution in [2.24, 2.45) is 0 Å². The molecule has 0 atom stereocenters. The molecule has 0 aromatic carbocycles. The third-order valence-corrected chi connectivity index (χ3v) is 1.84. The van der Waals surface area contributed by atoms with Crippen LogP contribution >= 0.6 is 0 Å². The van der Waals surface area contributed by atoms with E-state index in [0.717, 1.165) is 12.3 Å². The predicted octanol–water partition coefficient (Wildman–Crippen LogP) is -0.118. The summed E-state index contributed by atoms with van der Waals surface area (Å²) in [6.45, 7) is 0.698. The fraction of sp³-hybridized carbons (Fsp3) is 0.375. The van der Waals surface area contributed by atoms with Gasteiger partial charge in [-0.1, -0.05) is 0 Å². The number of pyridine rings is 1. The van der Waals surface area contributed by atoms with Crippen LogP contribution in [0.2, 0.25) is 0 Å². The SMILES string of the molecule is COc1cc(C(C)(F)F)ncc1B(O)O. The fourth-order valence-corrected chi connectivity index (χ4v) is 1.06. The summed E-state index contributed by atoms with van der Waals surface area (Å²) in [5.41, 5.74) is -0.533. The van der Waals surface area contributed by atoms with Crippen LogP contribution in [0.1, 0.15) is 12.6 Å². The number of hydrogen-bond donors (Lipinski definition) is 2. The quantitative estimate of drug-likeness (QED) is 0.693. The Balaban J connectivity index is 3.19. The second-order valence-corrected chi connectivity index (χ2v) is 3.07. The van der Waals surface area contributed by atoms with Crippen molar-refractivity contribution < 1.29 is 23.6 Å². The lowest BCUT2D eigenvalue weighted by Crippen LogP contribution is -2.32. The van der Waals surface area contributed by atoms with E-state index in [0.29, 0.717) is 6.92 Å². The standard InChI is InChI=1S/C8H10BF2NO3/c1-8(10,11)7-3-6(15-2)5(4-12-7)9(13)14/h3-4,13-14H,1-2H3. The zero-order valence-corrected chi connectivity index (χ0v) is 8.24. The van der Waals surface area contributed by atoms with Crippen LogP contribution < -0.4 is 10.2 Å². The van der Waals surface area contributed by atoms with Crippen molar-refractivity contribution in [1.82, 2.24) is 4.98 Å². The topological polar surface area (TPSA) is 62.6 Å². The third-order valence-electron chi connectivity index (χ3n) is 1.84. The molecular weight excluding hydrogens is 207 g/mol. The minimum Gasteiger partial charge on any atom is -0.497 e. The van der Waals surface area contributed by atoms with Gasteiger partial charge in [0.1, 0.15) is 11.4 Å². The molecule has 1 heterocycles. The summed E-state index contributed by atoms with van der Waals surface area (Å²) >= 11 is 0. The zero-order chi connectivity index (χ0) is 11.6. The Morgan fingerprint density at radius 3 is 2.47 bits per heavy atom. The van der Waals surface area contributed by atoms with E-state index in [2.05, 4.69) is 4.98 Å². The molecule has 7 heteroatoms. The van der Waals surface area contributed by atoms with Crippen LogP contribution in [0.25, 0.3) is 0 Å². The second-order valence-electron chi connectivity index (χ2n) is 3.07. The first-order valence-corrected chi connectivity index (χ1v) is 4.14. The van der Waals surface area contributed by atoms with Gasteiger partial charge in [-0.15, -0.1) is 0 Å². The summed E-state index contributed by atoms with van der Waals surface area (Å²) in [6, 6.07) is 0.981. The molecule has 1 aromatic rings. The molecule has 0 aliphatic heterocycles. The third kappa shape index (κ3) is 2.63. The summed E-state index contributed by atoms with van der Waals surface area (Å²) in [5, 5.41) is 17.8. The molecule has 0 spiro atoms. The van der Waals surface area contributed by atoms with Crippen molar-refractivity contribution in [3.05, 3.63) is 18.0 Å². The van der Waals surface area contributed by atoms with Crippen LogP contribution in [-0.4, -0.2) is 29.3 Å². The number of halogens is 2. The molecule has 15 heavy (non-hydrogen) atoms. The molecule has 0 aliphatic rings. The number of hydrogen-bond acceptors (Lipinski definition) is 4. The molecule has 2 N–H and O–H groups in total. The Bertz CT molecular complexity index is 354. The number of aromatic nitrogens is 1. The van der Waals surface area contributed by atoms with Crippen molar-refractivity contribution in [2.45, 2.75) is 12.8 Å². The van der Waals surface area contributed by atoms with Gasteiger partial charge in [-0.05, 0) is 0 Å². The van der Waals surface area contributed by atoms with Crippen molar-refractivity contribution in [2.75, 3.05) is 7.11 Å². The summed E-state index contributed by atoms with van der Waals surface area (Å²) < 4.78 is 30.5. The van der Waals surface area contributed by atoms with E-state index in [9.17, 15) is 8.78 Å². The average Bonchev–Trinajstić information content (AvgIpc) is 2.15. The van der Waals surface area contributed by atoms with Gasteiger partial charge < -0.3 is 14.8 Å². The number of alkyl halides is 2. The molecule has 0 radical (unpaired) electrons. The van der Waals surface area contributed by atoms with Gasteiger partial charge in [0.2, 0.25) is 0 Å². The first-order chi connectivity index (χ1) is 6.86. The number of ether oxygens (including phenoxy) is 1. The Morgan fingerprint density at radius 1 is 1.47 bits per heavy atom. The minimum absolute atomic E-state index is 0.0310. The van der Waals surface area contributed by atoms with Gasteiger partial charge in [0.15, 0.2) is 0 Å². The Morgan fingerprint density at radius 2 is 2.07 bits per heavy atom. The highest BCUT2D eigenvalue weighted by atomic mass is 19.3. The molecule has 82 valence electrons. The number of methoxy groups -OCH3 is 1. The Labute approximate surface area is 85.7 Å². The number of nitrogens with zero attached hydrogens (tertiary/aromatic N) is 1. The van der Waals surface area contributed by atoms with Crippen LogP contribution in [0, 0.1) is 0 Å². The van der Waals surface area contributed by atoms with Gasteiger partial charge in [-0.25, -0.2) is 0 Å². The summed E-state index contributed by atoms with van der Waals surface area (Å²) in [7, 11) is -0.550. The molecule has 0 aliphatic carbocycles. The largest absolute Gasteiger partial charge is 0.497 e. The van der Waals surface area contributed by atoms with E-state index in [-0.39, 0.29) is 11.2 Å². The summed E-state index contributed by atoms with van der Waals surface area (Å²) in [5.74, 6) is -3.12. The van der Waals surface area contributed by atoms with Crippen molar-refractivity contribution in [3.63, 3.8) is 0 Å². The van der Waals surface area contributed by atoms with Gasteiger partial charge in [-0.2, -0.15) is 8.78 Å². The maximum absolute atomic E-state index is 12.9. The van der Waals surface area contributed by atoms with E-state index >= 15 is 0 Å². The van der Waals surface area contributed by atoms with E-state index < -0.39 is 18.7 Å². The maximum Gasteiger partial charge on any atom is 0.493 e. The van der Waals surface area contributed by atoms with Crippen LogP contribution in [0.15, 0.2) is 12.3 Å². The fourth-order valence-electron chi connectivity index (χ4n) is 1.06. The first kappa shape index (κ1) is 11.9. The average molecular weight is 217 g/mol. The van der Waals surface area contributed by atoms with Crippen LogP contribution in [-0.2, 0) is 5.92 Å². The lowest BCUT2D eigenvalue weighted by Gasteiger charge is -2.13. The smallest absolute Gasteiger partial charge is 0.493 e. The molecule has 0 saturated carbocycles. The predicted molar refractivity (Wildman–Crippen MR) is 50.2 cm³/mol. The van der Waals surface area contributed by atoms with Gasteiger partial charge in [0, 0.05) is 24.6 Å². The van der Waals surface area contributed by atoms with Gasteiger partial charge in [0.25, 0.3) is 5.92 Å². The molecule has 0 amide bonds. The van der Waals surface area contributed by atoms with E-state index in [4.69, 9.17) is 14.8 Å². The van der Waals surface area contributed by atoms with Crippen molar-refractivity contribution in [1.29, 1.82) is 0 Å². The van der Waals surface area contributed by atoms with Crippen LogP contribution in [0.4, 0.5) is 8.78 Å². The van der Waals surface area contributed by atoms with E-state index in [1.807, 2.05) is 0 Å². The maximum atomic E-state index is 12.9. The Hall–Kier alpha value is -1.21. The lowest BCUT2D eigenvalue weighted by molar-refractivity contribution is 0.0125. The molecule has 0 saturated heterocycles. The molecular formula is C8H10BF2NO3. The molecule has 0 bridgehead atoms. The summed E-state index contributed by atoms with van der Waals surface area (Å²) in [6.07, 6.45) is 0.955.